The van der Waals surface area contributed by atoms with Crippen LogP contribution < -0.4 is 10.5 Å². The zero-order chi connectivity index (χ0) is 12.3. The van der Waals surface area contributed by atoms with Crippen molar-refractivity contribution >= 4 is 0 Å². The van der Waals surface area contributed by atoms with Gasteiger partial charge < -0.3 is 10.5 Å². The Kier molecular flexibility index (Phi) is 3.40. The summed E-state index contributed by atoms with van der Waals surface area (Å²) in [6.45, 7) is 3.98. The number of nitrogens with zero attached hydrogens (tertiary/aromatic N) is 1. The van der Waals surface area contributed by atoms with Gasteiger partial charge in [0.25, 0.3) is 0 Å². The SMILES string of the molecule is Cc1ccc(Oc2cc(C(C)N)ccn2)cc1. The van der Waals surface area contributed by atoms with Gasteiger partial charge in [-0.25, -0.2) is 4.98 Å². The van der Waals surface area contributed by atoms with Crippen molar-refractivity contribution in [1.29, 1.82) is 0 Å². The first kappa shape index (κ1) is 11.6. The first-order valence-electron chi connectivity index (χ1n) is 5.61. The average Bonchev–Trinajstić information content (AvgIpc) is 2.32. The first-order chi connectivity index (χ1) is 8.15. The van der Waals surface area contributed by atoms with Gasteiger partial charge >= 0.3 is 0 Å². The van der Waals surface area contributed by atoms with E-state index < -0.39 is 0 Å². The van der Waals surface area contributed by atoms with Crippen LogP contribution in [0, 0.1) is 6.92 Å². The van der Waals surface area contributed by atoms with Crippen LogP contribution in [-0.2, 0) is 0 Å². The van der Waals surface area contributed by atoms with Crippen LogP contribution in [0.25, 0.3) is 0 Å². The molecular weight excluding hydrogens is 212 g/mol. The van der Waals surface area contributed by atoms with Gasteiger partial charge in [-0.1, -0.05) is 17.7 Å². The summed E-state index contributed by atoms with van der Waals surface area (Å²) in [4.78, 5) is 4.16. The number of hydrogen-bond acceptors (Lipinski definition) is 3. The molecule has 2 N–H and O–H groups in total. The van der Waals surface area contributed by atoms with Crippen LogP contribution in [-0.4, -0.2) is 4.98 Å². The molecule has 0 saturated heterocycles. The predicted octanol–water partition coefficient (Wildman–Crippen LogP) is 3.20. The molecule has 0 aliphatic heterocycles. The van der Waals surface area contributed by atoms with E-state index in [0.717, 1.165) is 11.3 Å². The molecule has 2 rings (SSSR count). The predicted molar refractivity (Wildman–Crippen MR) is 68.1 cm³/mol. The highest BCUT2D eigenvalue weighted by Crippen LogP contribution is 2.21. The van der Waals surface area contributed by atoms with Gasteiger partial charge in [-0.3, -0.25) is 0 Å². The second kappa shape index (κ2) is 4.97. The van der Waals surface area contributed by atoms with Gasteiger partial charge in [0.15, 0.2) is 0 Å². The summed E-state index contributed by atoms with van der Waals surface area (Å²) >= 11 is 0. The fourth-order valence-electron chi connectivity index (χ4n) is 1.49. The van der Waals surface area contributed by atoms with Gasteiger partial charge in [-0.15, -0.1) is 0 Å². The van der Waals surface area contributed by atoms with Crippen molar-refractivity contribution in [3.8, 4) is 11.6 Å². The lowest BCUT2D eigenvalue weighted by Crippen LogP contribution is -2.05. The van der Waals surface area contributed by atoms with E-state index in [-0.39, 0.29) is 6.04 Å². The molecule has 0 bridgehead atoms. The van der Waals surface area contributed by atoms with Gasteiger partial charge in [-0.05, 0) is 37.6 Å². The van der Waals surface area contributed by atoms with Crippen LogP contribution >= 0.6 is 0 Å². The van der Waals surface area contributed by atoms with E-state index in [1.165, 1.54) is 5.56 Å². The number of ether oxygens (including phenoxy) is 1. The first-order valence-corrected chi connectivity index (χ1v) is 5.61. The second-order valence-corrected chi connectivity index (χ2v) is 4.13. The Morgan fingerprint density at radius 1 is 1.18 bits per heavy atom. The number of benzene rings is 1. The molecule has 17 heavy (non-hydrogen) atoms. The number of aryl methyl sites for hydroxylation is 1. The Morgan fingerprint density at radius 3 is 2.53 bits per heavy atom. The van der Waals surface area contributed by atoms with Crippen LogP contribution in [0.2, 0.25) is 0 Å². The molecule has 3 nitrogen and oxygen atoms in total. The second-order valence-electron chi connectivity index (χ2n) is 4.13. The Morgan fingerprint density at radius 2 is 1.88 bits per heavy atom. The minimum Gasteiger partial charge on any atom is -0.439 e. The van der Waals surface area contributed by atoms with Crippen molar-refractivity contribution in [2.24, 2.45) is 5.73 Å². The molecule has 1 unspecified atom stereocenters. The molecule has 1 aromatic heterocycles. The van der Waals surface area contributed by atoms with Crippen molar-refractivity contribution in [3.05, 3.63) is 53.7 Å². The number of rotatable bonds is 3. The zero-order valence-electron chi connectivity index (χ0n) is 10.1. The summed E-state index contributed by atoms with van der Waals surface area (Å²) in [5, 5.41) is 0. The van der Waals surface area contributed by atoms with E-state index in [1.54, 1.807) is 6.20 Å². The van der Waals surface area contributed by atoms with E-state index >= 15 is 0 Å². The molecule has 88 valence electrons. The third-order valence-electron chi connectivity index (χ3n) is 2.53. The molecule has 2 aromatic rings. The Hall–Kier alpha value is -1.87. The van der Waals surface area contributed by atoms with Crippen LogP contribution in [0.4, 0.5) is 0 Å². The molecule has 0 saturated carbocycles. The van der Waals surface area contributed by atoms with Gasteiger partial charge in [0.05, 0.1) is 0 Å². The lowest BCUT2D eigenvalue weighted by Gasteiger charge is -2.08. The highest BCUT2D eigenvalue weighted by molar-refractivity contribution is 5.31. The van der Waals surface area contributed by atoms with Crippen LogP contribution in [0.3, 0.4) is 0 Å². The number of pyridine rings is 1. The minimum absolute atomic E-state index is 0.0154. The Labute approximate surface area is 101 Å². The highest BCUT2D eigenvalue weighted by Gasteiger charge is 2.03. The number of nitrogens with two attached hydrogens (primary N) is 1. The summed E-state index contributed by atoms with van der Waals surface area (Å²) in [6, 6.07) is 11.6. The normalized spacial score (nSPS) is 12.2. The van der Waals surface area contributed by atoms with Gasteiger partial charge in [0.2, 0.25) is 5.88 Å². The zero-order valence-corrected chi connectivity index (χ0v) is 10.1. The van der Waals surface area contributed by atoms with Gasteiger partial charge in [0.1, 0.15) is 5.75 Å². The summed E-state index contributed by atoms with van der Waals surface area (Å²) in [7, 11) is 0. The van der Waals surface area contributed by atoms with Crippen molar-refractivity contribution in [1.82, 2.24) is 4.98 Å². The molecule has 0 aliphatic carbocycles. The minimum atomic E-state index is -0.0154. The lowest BCUT2D eigenvalue weighted by molar-refractivity contribution is 0.461. The monoisotopic (exact) mass is 228 g/mol. The van der Waals surface area contributed by atoms with Crippen molar-refractivity contribution in [2.75, 3.05) is 0 Å². The molecule has 1 atom stereocenters. The fraction of sp³-hybridized carbons (Fsp3) is 0.214. The number of hydrogen-bond donors (Lipinski definition) is 1. The van der Waals surface area contributed by atoms with Crippen molar-refractivity contribution in [2.45, 2.75) is 19.9 Å². The average molecular weight is 228 g/mol. The molecule has 0 fully saturated rings. The van der Waals surface area contributed by atoms with E-state index in [9.17, 15) is 0 Å². The standard InChI is InChI=1S/C14H16N2O/c1-10-3-5-13(6-4-10)17-14-9-12(11(2)15)7-8-16-14/h3-9,11H,15H2,1-2H3. The summed E-state index contributed by atoms with van der Waals surface area (Å²) < 4.78 is 5.66. The van der Waals surface area contributed by atoms with E-state index in [4.69, 9.17) is 10.5 Å². The molecular formula is C14H16N2O. The Bertz CT molecular complexity index is 492. The third-order valence-corrected chi connectivity index (χ3v) is 2.53. The van der Waals surface area contributed by atoms with Crippen LogP contribution in [0.15, 0.2) is 42.6 Å². The molecule has 0 aliphatic rings. The quantitative estimate of drug-likeness (QED) is 0.877. The molecule has 0 radical (unpaired) electrons. The van der Waals surface area contributed by atoms with E-state index in [1.807, 2.05) is 50.2 Å². The topological polar surface area (TPSA) is 48.1 Å². The fourth-order valence-corrected chi connectivity index (χ4v) is 1.49. The number of aromatic nitrogens is 1. The Balaban J connectivity index is 2.18. The molecule has 1 heterocycles. The third kappa shape index (κ3) is 3.04. The maximum absolute atomic E-state index is 5.81. The largest absolute Gasteiger partial charge is 0.439 e. The summed E-state index contributed by atoms with van der Waals surface area (Å²) in [5.74, 6) is 1.36. The highest BCUT2D eigenvalue weighted by atomic mass is 16.5. The van der Waals surface area contributed by atoms with Crippen molar-refractivity contribution < 1.29 is 4.74 Å². The molecule has 0 spiro atoms. The van der Waals surface area contributed by atoms with Gasteiger partial charge in [-0.2, -0.15) is 0 Å². The van der Waals surface area contributed by atoms with Gasteiger partial charge in [0, 0.05) is 18.3 Å². The smallest absolute Gasteiger partial charge is 0.219 e. The van der Waals surface area contributed by atoms with Crippen LogP contribution in [0.5, 0.6) is 11.6 Å². The van der Waals surface area contributed by atoms with Crippen molar-refractivity contribution in [3.63, 3.8) is 0 Å². The molecule has 1 aromatic carbocycles. The molecule has 0 amide bonds. The maximum atomic E-state index is 5.81. The summed E-state index contributed by atoms with van der Waals surface area (Å²) in [6.07, 6.45) is 1.71. The van der Waals surface area contributed by atoms with E-state index in [2.05, 4.69) is 4.98 Å². The maximum Gasteiger partial charge on any atom is 0.219 e. The lowest BCUT2D eigenvalue weighted by atomic mass is 10.1. The van der Waals surface area contributed by atoms with Crippen LogP contribution in [0.1, 0.15) is 24.1 Å². The molecule has 3 heteroatoms. The summed E-state index contributed by atoms with van der Waals surface area (Å²) in [5.41, 5.74) is 8.03. The van der Waals surface area contributed by atoms with E-state index in [0.29, 0.717) is 5.88 Å².